The second-order valence-corrected chi connectivity index (χ2v) is 7.75. The summed E-state index contributed by atoms with van der Waals surface area (Å²) in [7, 11) is 1.61. The summed E-state index contributed by atoms with van der Waals surface area (Å²) in [6.07, 6.45) is 1.05. The summed E-state index contributed by atoms with van der Waals surface area (Å²) in [5.74, 6) is 0.475. The molecule has 0 fully saturated rings. The van der Waals surface area contributed by atoms with Crippen molar-refractivity contribution >= 4 is 19.7 Å². The Morgan fingerprint density at radius 1 is 1.22 bits per heavy atom. The minimum atomic E-state index is -3.48. The zero-order valence-electron chi connectivity index (χ0n) is 10.9. The molecule has 1 rings (SSSR count). The molecule has 0 aromatic heterocycles. The minimum absolute atomic E-state index is 0.0718. The smallest absolute Gasteiger partial charge is 0.235 e. The van der Waals surface area contributed by atoms with E-state index in [-0.39, 0.29) is 17.8 Å². The van der Waals surface area contributed by atoms with Crippen molar-refractivity contribution < 1.29 is 13.2 Å². The second kappa shape index (κ2) is 5.93. The first kappa shape index (κ1) is 15.3. The molecule has 1 aromatic rings. The highest BCUT2D eigenvalue weighted by molar-refractivity contribution is 8.13. The lowest BCUT2D eigenvalue weighted by molar-refractivity contribution is 0.341. The average molecular weight is 291 g/mol. The van der Waals surface area contributed by atoms with Crippen LogP contribution in [0.3, 0.4) is 0 Å². The molecule has 0 saturated carbocycles. The summed E-state index contributed by atoms with van der Waals surface area (Å²) in [4.78, 5) is 0. The van der Waals surface area contributed by atoms with E-state index in [0.717, 1.165) is 6.42 Å². The van der Waals surface area contributed by atoms with Gasteiger partial charge in [0.1, 0.15) is 12.4 Å². The fourth-order valence-corrected chi connectivity index (χ4v) is 1.94. The van der Waals surface area contributed by atoms with Gasteiger partial charge in [0.2, 0.25) is 9.05 Å². The number of rotatable bonds is 6. The Balaban J connectivity index is 2.61. The molecule has 5 heteroatoms. The van der Waals surface area contributed by atoms with Crippen LogP contribution in [0.25, 0.3) is 0 Å². The van der Waals surface area contributed by atoms with Crippen molar-refractivity contribution in [3.8, 4) is 5.75 Å². The van der Waals surface area contributed by atoms with Gasteiger partial charge in [-0.05, 0) is 29.5 Å². The monoisotopic (exact) mass is 290 g/mol. The Bertz CT molecular complexity index is 477. The summed E-state index contributed by atoms with van der Waals surface area (Å²) in [6.45, 7) is 6.59. The van der Waals surface area contributed by atoms with Gasteiger partial charge in [0.15, 0.2) is 0 Å². The van der Waals surface area contributed by atoms with Crippen LogP contribution in [-0.2, 0) is 14.5 Å². The summed E-state index contributed by atoms with van der Waals surface area (Å²) in [6, 6.07) is 7.73. The van der Waals surface area contributed by atoms with Gasteiger partial charge in [0, 0.05) is 10.7 Å². The number of hydrogen-bond acceptors (Lipinski definition) is 3. The molecule has 1 aromatic carbocycles. The van der Waals surface area contributed by atoms with E-state index in [1.165, 1.54) is 5.56 Å². The van der Waals surface area contributed by atoms with E-state index in [1.807, 2.05) is 24.3 Å². The Morgan fingerprint density at radius 3 is 2.22 bits per heavy atom. The SMILES string of the molecule is CCC(C)(C)c1ccc(OCCS(=O)(=O)Cl)cc1. The third-order valence-corrected chi connectivity index (χ3v) is 4.23. The van der Waals surface area contributed by atoms with Crippen molar-refractivity contribution in [1.29, 1.82) is 0 Å². The lowest BCUT2D eigenvalue weighted by Crippen LogP contribution is -2.15. The highest BCUT2D eigenvalue weighted by Gasteiger charge is 2.17. The van der Waals surface area contributed by atoms with Gasteiger partial charge in [-0.1, -0.05) is 32.9 Å². The number of hydrogen-bond donors (Lipinski definition) is 0. The van der Waals surface area contributed by atoms with Crippen molar-refractivity contribution in [1.82, 2.24) is 0 Å². The van der Waals surface area contributed by atoms with Gasteiger partial charge in [-0.25, -0.2) is 8.42 Å². The molecule has 0 bridgehead atoms. The van der Waals surface area contributed by atoms with Crippen molar-refractivity contribution in [2.24, 2.45) is 0 Å². The Labute approximate surface area is 114 Å². The summed E-state index contributed by atoms with van der Waals surface area (Å²) in [5.41, 5.74) is 1.38. The van der Waals surface area contributed by atoms with E-state index >= 15 is 0 Å². The van der Waals surface area contributed by atoms with E-state index in [2.05, 4.69) is 20.8 Å². The maximum Gasteiger partial charge on any atom is 0.235 e. The molecule has 0 radical (unpaired) electrons. The minimum Gasteiger partial charge on any atom is -0.492 e. The Hall–Kier alpha value is -0.740. The third kappa shape index (κ3) is 4.86. The quantitative estimate of drug-likeness (QED) is 0.755. The fraction of sp³-hybridized carbons (Fsp3) is 0.538. The standard InChI is InChI=1S/C13H19ClO3S/c1-4-13(2,3)11-5-7-12(8-6-11)17-9-10-18(14,15)16/h5-8H,4,9-10H2,1-3H3. The van der Waals surface area contributed by atoms with Crippen molar-refractivity contribution in [3.05, 3.63) is 29.8 Å². The molecule has 0 atom stereocenters. The zero-order valence-corrected chi connectivity index (χ0v) is 12.5. The van der Waals surface area contributed by atoms with E-state index in [4.69, 9.17) is 15.4 Å². The number of ether oxygens (including phenoxy) is 1. The molecule has 0 saturated heterocycles. The van der Waals surface area contributed by atoms with Crippen LogP contribution >= 0.6 is 10.7 Å². The first-order chi connectivity index (χ1) is 8.24. The van der Waals surface area contributed by atoms with E-state index in [9.17, 15) is 8.42 Å². The molecule has 3 nitrogen and oxygen atoms in total. The molecular formula is C13H19ClO3S. The summed E-state index contributed by atoms with van der Waals surface area (Å²) < 4.78 is 26.8. The van der Waals surface area contributed by atoms with Gasteiger partial charge >= 0.3 is 0 Å². The summed E-state index contributed by atoms with van der Waals surface area (Å²) in [5, 5.41) is 0. The van der Waals surface area contributed by atoms with Gasteiger partial charge in [-0.2, -0.15) is 0 Å². The first-order valence-corrected chi connectivity index (χ1v) is 8.38. The molecule has 0 aliphatic heterocycles. The molecule has 0 amide bonds. The zero-order chi connectivity index (χ0) is 13.8. The van der Waals surface area contributed by atoms with Gasteiger partial charge in [0.25, 0.3) is 0 Å². The number of halogens is 1. The van der Waals surface area contributed by atoms with Crippen LogP contribution in [0.4, 0.5) is 0 Å². The molecule has 0 spiro atoms. The largest absolute Gasteiger partial charge is 0.492 e. The second-order valence-electron chi connectivity index (χ2n) is 4.85. The molecule has 0 heterocycles. The van der Waals surface area contributed by atoms with Crippen LogP contribution in [0.15, 0.2) is 24.3 Å². The van der Waals surface area contributed by atoms with E-state index < -0.39 is 9.05 Å². The highest BCUT2D eigenvalue weighted by atomic mass is 35.7. The number of benzene rings is 1. The van der Waals surface area contributed by atoms with Crippen LogP contribution in [0, 0.1) is 0 Å². The summed E-state index contributed by atoms with van der Waals surface area (Å²) >= 11 is 0. The van der Waals surface area contributed by atoms with Crippen LogP contribution in [-0.4, -0.2) is 20.8 Å². The van der Waals surface area contributed by atoms with Gasteiger partial charge < -0.3 is 4.74 Å². The lowest BCUT2D eigenvalue weighted by Gasteiger charge is -2.23. The topological polar surface area (TPSA) is 43.4 Å². The normalized spacial score (nSPS) is 12.4. The Morgan fingerprint density at radius 2 is 1.78 bits per heavy atom. The fourth-order valence-electron chi connectivity index (χ4n) is 1.47. The predicted octanol–water partition coefficient (Wildman–Crippen LogP) is 3.32. The molecule has 18 heavy (non-hydrogen) atoms. The first-order valence-electron chi connectivity index (χ1n) is 5.90. The van der Waals surface area contributed by atoms with Gasteiger partial charge in [-0.15, -0.1) is 0 Å². The lowest BCUT2D eigenvalue weighted by atomic mass is 9.82. The van der Waals surface area contributed by atoms with Crippen molar-refractivity contribution in [2.75, 3.05) is 12.4 Å². The molecule has 0 aliphatic carbocycles. The maximum atomic E-state index is 10.7. The van der Waals surface area contributed by atoms with Gasteiger partial charge in [-0.3, -0.25) is 0 Å². The third-order valence-electron chi connectivity index (χ3n) is 3.12. The van der Waals surface area contributed by atoms with Gasteiger partial charge in [0.05, 0.1) is 5.75 Å². The molecule has 0 aliphatic rings. The maximum absolute atomic E-state index is 10.7. The van der Waals surface area contributed by atoms with Crippen molar-refractivity contribution in [2.45, 2.75) is 32.6 Å². The molecular weight excluding hydrogens is 272 g/mol. The average Bonchev–Trinajstić information content (AvgIpc) is 2.28. The van der Waals surface area contributed by atoms with Crippen LogP contribution in [0.2, 0.25) is 0 Å². The van der Waals surface area contributed by atoms with Crippen molar-refractivity contribution in [3.63, 3.8) is 0 Å². The van der Waals surface area contributed by atoms with Crippen LogP contribution in [0.5, 0.6) is 5.75 Å². The Kier molecular flexibility index (Phi) is 5.05. The van der Waals surface area contributed by atoms with Crippen LogP contribution in [0.1, 0.15) is 32.8 Å². The molecule has 0 unspecified atom stereocenters. The predicted molar refractivity (Wildman–Crippen MR) is 74.9 cm³/mol. The van der Waals surface area contributed by atoms with E-state index in [0.29, 0.717) is 5.75 Å². The van der Waals surface area contributed by atoms with Crippen LogP contribution < -0.4 is 4.74 Å². The van der Waals surface area contributed by atoms with E-state index in [1.54, 1.807) is 0 Å². The molecule has 0 N–H and O–H groups in total. The molecule has 102 valence electrons. The highest BCUT2D eigenvalue weighted by Crippen LogP contribution is 2.27.